The van der Waals surface area contributed by atoms with Crippen molar-refractivity contribution in [1.82, 2.24) is 15.2 Å². The van der Waals surface area contributed by atoms with Crippen molar-refractivity contribution in [3.05, 3.63) is 56.9 Å². The summed E-state index contributed by atoms with van der Waals surface area (Å²) in [7, 11) is 0. The number of benzene rings is 2. The van der Waals surface area contributed by atoms with E-state index in [-0.39, 0.29) is 5.69 Å². The number of fused-ring (bicyclic) bond motifs is 2. The molecule has 0 atom stereocenters. The van der Waals surface area contributed by atoms with E-state index < -0.39 is 17.3 Å². The number of ether oxygens (including phenoxy) is 1. The number of amides is 1. The van der Waals surface area contributed by atoms with Crippen molar-refractivity contribution in [2.24, 2.45) is 0 Å². The lowest BCUT2D eigenvalue weighted by molar-refractivity contribution is 0.0636. The van der Waals surface area contributed by atoms with Crippen molar-refractivity contribution in [2.45, 2.75) is 26.4 Å². The van der Waals surface area contributed by atoms with E-state index in [2.05, 4.69) is 20.5 Å². The van der Waals surface area contributed by atoms with E-state index in [9.17, 15) is 9.59 Å². The first-order chi connectivity index (χ1) is 14.1. The fourth-order valence-corrected chi connectivity index (χ4v) is 3.67. The Labute approximate surface area is 181 Å². The Balaban J connectivity index is 2.02. The van der Waals surface area contributed by atoms with Crippen LogP contribution in [-0.4, -0.2) is 26.9 Å². The van der Waals surface area contributed by atoms with Crippen LogP contribution < -0.4 is 10.9 Å². The topological polar surface area (TPSA) is 99.9 Å². The second kappa shape index (κ2) is 7.34. The Morgan fingerprint density at radius 1 is 1.13 bits per heavy atom. The molecule has 4 aromatic rings. The number of pyridine rings is 1. The highest BCUT2D eigenvalue weighted by atomic mass is 35.5. The summed E-state index contributed by atoms with van der Waals surface area (Å²) >= 11 is 12.4. The molecule has 0 aliphatic carbocycles. The van der Waals surface area contributed by atoms with Crippen LogP contribution in [0.3, 0.4) is 0 Å². The first kappa shape index (κ1) is 20.3. The number of nitrogens with zero attached hydrogens (tertiary/aromatic N) is 1. The number of nitrogens with one attached hydrogen (secondary N) is 3. The van der Waals surface area contributed by atoms with E-state index in [0.717, 1.165) is 0 Å². The molecule has 3 N–H and O–H groups in total. The molecule has 0 bridgehead atoms. The average Bonchev–Trinajstić information content (AvgIpc) is 3.12. The number of hydrogen-bond donors (Lipinski definition) is 3. The van der Waals surface area contributed by atoms with Gasteiger partial charge in [0.1, 0.15) is 11.3 Å². The van der Waals surface area contributed by atoms with Crippen LogP contribution in [0.2, 0.25) is 10.0 Å². The Morgan fingerprint density at radius 3 is 2.63 bits per heavy atom. The minimum Gasteiger partial charge on any atom is -0.444 e. The molecule has 0 radical (unpaired) electrons. The monoisotopic (exact) mass is 444 g/mol. The zero-order chi connectivity index (χ0) is 21.6. The van der Waals surface area contributed by atoms with Gasteiger partial charge in [-0.1, -0.05) is 35.3 Å². The van der Waals surface area contributed by atoms with Gasteiger partial charge < -0.3 is 9.72 Å². The summed E-state index contributed by atoms with van der Waals surface area (Å²) in [4.78, 5) is 28.2. The van der Waals surface area contributed by atoms with Crippen LogP contribution >= 0.6 is 23.2 Å². The summed E-state index contributed by atoms with van der Waals surface area (Å²) in [5, 5.41) is 11.9. The lowest BCUT2D eigenvalue weighted by atomic mass is 9.96. The van der Waals surface area contributed by atoms with E-state index in [4.69, 9.17) is 27.9 Å². The Kier molecular flexibility index (Phi) is 4.95. The molecule has 0 unspecified atom stereocenters. The third-order valence-corrected chi connectivity index (χ3v) is 4.99. The standard InChI is InChI=1S/C21H18Cl2N4O3/c1-21(2,3)30-20(29)26-18-16(11-6-7-14(23)17-13(11)9-24-27-17)12-5-4-10(22)8-15(12)25-19(18)28/h4-9H,1-3H3,(H,24,27)(H,25,28)(H,26,29). The lowest BCUT2D eigenvalue weighted by Gasteiger charge is -2.21. The Morgan fingerprint density at radius 2 is 1.90 bits per heavy atom. The van der Waals surface area contributed by atoms with Gasteiger partial charge >= 0.3 is 6.09 Å². The molecule has 0 saturated carbocycles. The number of aromatic nitrogens is 3. The van der Waals surface area contributed by atoms with Gasteiger partial charge in [-0.25, -0.2) is 4.79 Å². The molecule has 154 valence electrons. The predicted molar refractivity (Wildman–Crippen MR) is 120 cm³/mol. The minimum absolute atomic E-state index is 0.0592. The molecule has 0 fully saturated rings. The predicted octanol–water partition coefficient (Wildman–Crippen LogP) is 5.73. The number of hydrogen-bond acceptors (Lipinski definition) is 4. The summed E-state index contributed by atoms with van der Waals surface area (Å²) in [5.74, 6) is 0. The zero-order valence-corrected chi connectivity index (χ0v) is 17.9. The second-order valence-corrected chi connectivity index (χ2v) is 8.62. The molecule has 0 saturated heterocycles. The highest BCUT2D eigenvalue weighted by molar-refractivity contribution is 6.35. The summed E-state index contributed by atoms with van der Waals surface area (Å²) in [6.45, 7) is 5.23. The maximum absolute atomic E-state index is 13.0. The SMILES string of the molecule is CC(C)(C)OC(=O)Nc1c(-c2ccc(Cl)c3[nH]ncc23)c2ccc(Cl)cc2[nH]c1=O. The maximum atomic E-state index is 13.0. The van der Waals surface area contributed by atoms with Gasteiger partial charge in [0, 0.05) is 21.4 Å². The number of H-pyrrole nitrogens is 2. The molecule has 2 aromatic carbocycles. The number of carbonyl (C=O) groups is 1. The summed E-state index contributed by atoms with van der Waals surface area (Å²) in [5.41, 5.74) is 1.19. The molecule has 2 heterocycles. The fraction of sp³-hybridized carbons (Fsp3) is 0.190. The van der Waals surface area contributed by atoms with Crippen LogP contribution in [0.5, 0.6) is 0 Å². The Hall–Kier alpha value is -3.03. The van der Waals surface area contributed by atoms with Gasteiger partial charge in [0.05, 0.1) is 22.3 Å². The van der Waals surface area contributed by atoms with Crippen molar-refractivity contribution in [2.75, 3.05) is 5.32 Å². The average molecular weight is 445 g/mol. The summed E-state index contributed by atoms with van der Waals surface area (Å²) in [6, 6.07) is 8.64. The number of rotatable bonds is 2. The van der Waals surface area contributed by atoms with Crippen molar-refractivity contribution < 1.29 is 9.53 Å². The number of halogens is 2. The normalized spacial score (nSPS) is 11.8. The quantitative estimate of drug-likeness (QED) is 0.367. The van der Waals surface area contributed by atoms with Crippen LogP contribution in [0, 0.1) is 0 Å². The third-order valence-electron chi connectivity index (χ3n) is 4.44. The van der Waals surface area contributed by atoms with E-state index in [1.807, 2.05) is 0 Å². The second-order valence-electron chi connectivity index (χ2n) is 7.77. The van der Waals surface area contributed by atoms with Crippen molar-refractivity contribution in [3.63, 3.8) is 0 Å². The molecule has 7 nitrogen and oxygen atoms in total. The highest BCUT2D eigenvalue weighted by Gasteiger charge is 2.23. The van der Waals surface area contributed by atoms with Crippen molar-refractivity contribution in [3.8, 4) is 11.1 Å². The van der Waals surface area contributed by atoms with Gasteiger partial charge in [0.15, 0.2) is 0 Å². The van der Waals surface area contributed by atoms with Crippen molar-refractivity contribution in [1.29, 1.82) is 0 Å². The van der Waals surface area contributed by atoms with E-state index in [1.54, 1.807) is 57.3 Å². The van der Waals surface area contributed by atoms with Crippen LogP contribution in [0.15, 0.2) is 41.3 Å². The molecule has 4 rings (SSSR count). The number of carbonyl (C=O) groups excluding carboxylic acids is 1. The molecule has 9 heteroatoms. The van der Waals surface area contributed by atoms with Gasteiger partial charge in [-0.05, 0) is 44.5 Å². The van der Waals surface area contributed by atoms with E-state index >= 15 is 0 Å². The summed E-state index contributed by atoms with van der Waals surface area (Å²) in [6.07, 6.45) is 0.886. The van der Waals surface area contributed by atoms with Gasteiger partial charge in [-0.2, -0.15) is 5.10 Å². The zero-order valence-electron chi connectivity index (χ0n) is 16.4. The molecule has 30 heavy (non-hydrogen) atoms. The largest absolute Gasteiger partial charge is 0.444 e. The third kappa shape index (κ3) is 3.74. The first-order valence-electron chi connectivity index (χ1n) is 9.11. The van der Waals surface area contributed by atoms with Crippen LogP contribution in [0.1, 0.15) is 20.8 Å². The molecule has 0 aliphatic heterocycles. The molecular formula is C21H18Cl2N4O3. The van der Waals surface area contributed by atoms with Gasteiger partial charge in [0.25, 0.3) is 5.56 Å². The fourth-order valence-electron chi connectivity index (χ4n) is 3.30. The molecular weight excluding hydrogens is 427 g/mol. The Bertz CT molecular complexity index is 1350. The molecule has 1 amide bonds. The lowest BCUT2D eigenvalue weighted by Crippen LogP contribution is -2.29. The van der Waals surface area contributed by atoms with Crippen molar-refractivity contribution >= 4 is 56.8 Å². The van der Waals surface area contributed by atoms with Crippen LogP contribution in [0.4, 0.5) is 10.5 Å². The number of anilines is 1. The number of aromatic amines is 2. The van der Waals surface area contributed by atoms with Gasteiger partial charge in [0.2, 0.25) is 0 Å². The first-order valence-corrected chi connectivity index (χ1v) is 9.87. The molecule has 2 aromatic heterocycles. The summed E-state index contributed by atoms with van der Waals surface area (Å²) < 4.78 is 5.35. The van der Waals surface area contributed by atoms with Crippen LogP contribution in [-0.2, 0) is 4.74 Å². The maximum Gasteiger partial charge on any atom is 0.412 e. The van der Waals surface area contributed by atoms with Gasteiger partial charge in [-0.15, -0.1) is 0 Å². The van der Waals surface area contributed by atoms with E-state index in [1.165, 1.54) is 0 Å². The van der Waals surface area contributed by atoms with Gasteiger partial charge in [-0.3, -0.25) is 15.2 Å². The minimum atomic E-state index is -0.736. The molecule has 0 aliphatic rings. The van der Waals surface area contributed by atoms with E-state index in [0.29, 0.717) is 43.0 Å². The molecule has 0 spiro atoms. The van der Waals surface area contributed by atoms with Crippen LogP contribution in [0.25, 0.3) is 32.9 Å². The smallest absolute Gasteiger partial charge is 0.412 e. The highest BCUT2D eigenvalue weighted by Crippen LogP contribution is 2.39.